The summed E-state index contributed by atoms with van der Waals surface area (Å²) in [5.41, 5.74) is 2.40. The van der Waals surface area contributed by atoms with Crippen molar-refractivity contribution >= 4 is 28.9 Å². The molecule has 65 heavy (non-hydrogen) atoms. The second kappa shape index (κ2) is 29.9. The van der Waals surface area contributed by atoms with Gasteiger partial charge >= 0.3 is 11.9 Å². The number of nitrogens with zero attached hydrogens (tertiary/aromatic N) is 2. The maximum Gasteiger partial charge on any atom is 0.306 e. The second-order valence-corrected chi connectivity index (χ2v) is 23.6. The normalized spacial score (nSPS) is 26.7. The van der Waals surface area contributed by atoms with Crippen molar-refractivity contribution in [3.05, 3.63) is 23.8 Å². The molecule has 0 aromatic heterocycles. The summed E-state index contributed by atoms with van der Waals surface area (Å²) in [5, 5.41) is 0.195. The van der Waals surface area contributed by atoms with Crippen molar-refractivity contribution < 1.29 is 23.9 Å². The van der Waals surface area contributed by atoms with Crippen LogP contribution in [0.5, 0.6) is 0 Å². The van der Waals surface area contributed by atoms with Crippen LogP contribution in [0.25, 0.3) is 0 Å². The standard InChI is InChI=1S/C57H100N2O5S/c1-9-10-11-12-13-20-25-42-63-53(60)29-21-16-14-18-23-39-59(55(62)65-43-41-58(7)8)40-24-19-15-17-22-30-54(61)64-48-35-37-56(5)47(44-48)31-32-49-51-34-33-50(46(4)28-26-27-45(2)3)57(51,6)38-36-52(49)56/h20,25,31,45-46,48-52H,9-19,21-24,26-30,32-44H2,1-8H3/b25-20-/t46-,48+,49+,50?,51+,52+,56+,57-/m1/s1. The number of esters is 2. The Morgan fingerprint density at radius 1 is 0.754 bits per heavy atom. The number of fused-ring (bicyclic) bond motifs is 5. The predicted molar refractivity (Wildman–Crippen MR) is 275 cm³/mol. The molecule has 0 saturated heterocycles. The van der Waals surface area contributed by atoms with Crippen molar-refractivity contribution in [2.75, 3.05) is 46.1 Å². The maximum atomic E-state index is 13.2. The predicted octanol–water partition coefficient (Wildman–Crippen LogP) is 15.4. The van der Waals surface area contributed by atoms with Crippen molar-refractivity contribution in [1.82, 2.24) is 9.80 Å². The average Bonchev–Trinajstić information content (AvgIpc) is 3.63. The van der Waals surface area contributed by atoms with E-state index < -0.39 is 0 Å². The van der Waals surface area contributed by atoms with E-state index in [1.165, 1.54) is 95.2 Å². The molecule has 0 aliphatic heterocycles. The molecule has 3 saturated carbocycles. The minimum Gasteiger partial charge on any atom is -0.462 e. The minimum atomic E-state index is -0.102. The van der Waals surface area contributed by atoms with E-state index in [1.807, 2.05) is 20.2 Å². The summed E-state index contributed by atoms with van der Waals surface area (Å²) < 4.78 is 11.6. The van der Waals surface area contributed by atoms with Crippen LogP contribution in [0.4, 0.5) is 4.79 Å². The van der Waals surface area contributed by atoms with Gasteiger partial charge in [-0.05, 0) is 144 Å². The lowest BCUT2D eigenvalue weighted by molar-refractivity contribution is -0.151. The van der Waals surface area contributed by atoms with Gasteiger partial charge in [-0.15, -0.1) is 0 Å². The Hall–Kier alpha value is -1.80. The van der Waals surface area contributed by atoms with Crippen LogP contribution in [0.3, 0.4) is 0 Å². The molecular formula is C57H100N2O5S. The second-order valence-electron chi connectivity index (χ2n) is 22.6. The highest BCUT2D eigenvalue weighted by Crippen LogP contribution is 2.67. The molecule has 0 N–H and O–H groups in total. The van der Waals surface area contributed by atoms with Gasteiger partial charge in [0.2, 0.25) is 0 Å². The van der Waals surface area contributed by atoms with E-state index in [2.05, 4.69) is 63.5 Å². The van der Waals surface area contributed by atoms with Gasteiger partial charge in [-0.2, -0.15) is 0 Å². The van der Waals surface area contributed by atoms with Gasteiger partial charge in [-0.25, -0.2) is 0 Å². The fraction of sp³-hybridized carbons (Fsp3) is 0.877. The summed E-state index contributed by atoms with van der Waals surface area (Å²) >= 11 is 1.44. The number of hydrogen-bond donors (Lipinski definition) is 0. The zero-order valence-electron chi connectivity index (χ0n) is 43.5. The first-order valence-corrected chi connectivity index (χ1v) is 28.5. The summed E-state index contributed by atoms with van der Waals surface area (Å²) in [5.74, 6) is 5.76. The molecule has 0 aromatic carbocycles. The van der Waals surface area contributed by atoms with Crippen molar-refractivity contribution in [2.24, 2.45) is 46.3 Å². The average molecular weight is 926 g/mol. The third-order valence-corrected chi connectivity index (χ3v) is 17.8. The van der Waals surface area contributed by atoms with Crippen LogP contribution in [0.15, 0.2) is 23.8 Å². The molecule has 7 nitrogen and oxygen atoms in total. The summed E-state index contributed by atoms with van der Waals surface area (Å²) in [6.07, 6.45) is 38.1. The molecule has 1 amide bonds. The molecule has 0 spiro atoms. The summed E-state index contributed by atoms with van der Waals surface area (Å²) in [6.45, 7) is 17.7. The number of amides is 1. The van der Waals surface area contributed by atoms with E-state index >= 15 is 0 Å². The van der Waals surface area contributed by atoms with E-state index in [-0.39, 0.29) is 28.7 Å². The maximum absolute atomic E-state index is 13.2. The van der Waals surface area contributed by atoms with E-state index in [4.69, 9.17) is 9.47 Å². The SMILES string of the molecule is CCCCCC/C=C\COC(=O)CCCCCCCN(CCCCCCCC(=O)O[C@H]1CC[C@@]2(C)C(=CC[C@@H]3[C@@H]2CC[C@]2(C)C([C@H](C)CCCC(C)C)CC[C@@H]32)C1)C(=O)SCCN(C)C. The van der Waals surface area contributed by atoms with E-state index in [0.29, 0.717) is 24.9 Å². The Morgan fingerprint density at radius 3 is 2.12 bits per heavy atom. The first-order chi connectivity index (χ1) is 31.3. The van der Waals surface area contributed by atoms with Gasteiger partial charge in [-0.1, -0.05) is 154 Å². The number of hydrogen-bond acceptors (Lipinski definition) is 7. The van der Waals surface area contributed by atoms with Crippen LogP contribution >= 0.6 is 11.8 Å². The minimum absolute atomic E-state index is 0.0106. The highest BCUT2D eigenvalue weighted by Gasteiger charge is 2.59. The van der Waals surface area contributed by atoms with Gasteiger partial charge in [0.1, 0.15) is 12.7 Å². The van der Waals surface area contributed by atoms with Crippen molar-refractivity contribution in [2.45, 2.75) is 227 Å². The van der Waals surface area contributed by atoms with Gasteiger partial charge in [0.05, 0.1) is 0 Å². The monoisotopic (exact) mass is 925 g/mol. The number of carbonyl (C=O) groups excluding carboxylic acids is 3. The fourth-order valence-electron chi connectivity index (χ4n) is 13.0. The number of unbranched alkanes of at least 4 members (excludes halogenated alkanes) is 12. The molecule has 4 rings (SSSR count). The van der Waals surface area contributed by atoms with E-state index in [9.17, 15) is 14.4 Å². The lowest BCUT2D eigenvalue weighted by Crippen LogP contribution is -2.51. The van der Waals surface area contributed by atoms with Crippen LogP contribution in [0, 0.1) is 46.3 Å². The molecule has 3 fully saturated rings. The molecular weight excluding hydrogens is 825 g/mol. The fourth-order valence-corrected chi connectivity index (χ4v) is 14.0. The first kappa shape index (κ1) is 55.8. The molecule has 0 aromatic rings. The smallest absolute Gasteiger partial charge is 0.306 e. The molecule has 0 radical (unpaired) electrons. The first-order valence-electron chi connectivity index (χ1n) is 27.5. The van der Waals surface area contributed by atoms with Crippen LogP contribution in [0.2, 0.25) is 0 Å². The van der Waals surface area contributed by atoms with Crippen LogP contribution < -0.4 is 0 Å². The topological polar surface area (TPSA) is 76.1 Å². The largest absolute Gasteiger partial charge is 0.462 e. The highest BCUT2D eigenvalue weighted by atomic mass is 32.2. The Morgan fingerprint density at radius 2 is 1.43 bits per heavy atom. The number of rotatable bonds is 32. The summed E-state index contributed by atoms with van der Waals surface area (Å²) in [4.78, 5) is 42.6. The molecule has 374 valence electrons. The Labute approximate surface area is 404 Å². The van der Waals surface area contributed by atoms with Crippen molar-refractivity contribution in [3.8, 4) is 0 Å². The van der Waals surface area contributed by atoms with Crippen LogP contribution in [0.1, 0.15) is 221 Å². The molecule has 4 aliphatic rings. The molecule has 0 bridgehead atoms. The number of carbonyl (C=O) groups is 3. The Balaban J connectivity index is 1.08. The van der Waals surface area contributed by atoms with Crippen LogP contribution in [-0.2, 0) is 19.1 Å². The third kappa shape index (κ3) is 18.6. The van der Waals surface area contributed by atoms with Gasteiger partial charge in [-0.3, -0.25) is 14.4 Å². The summed E-state index contributed by atoms with van der Waals surface area (Å²) in [6, 6.07) is 0. The third-order valence-electron chi connectivity index (χ3n) is 16.9. The lowest BCUT2D eigenvalue weighted by atomic mass is 9.47. The molecule has 1 unspecified atom stereocenters. The zero-order chi connectivity index (χ0) is 47.1. The number of allylic oxidation sites excluding steroid dienone is 2. The molecule has 8 heteroatoms. The van der Waals surface area contributed by atoms with E-state index in [0.717, 1.165) is 144 Å². The van der Waals surface area contributed by atoms with Gasteiger partial charge in [0.25, 0.3) is 5.24 Å². The Bertz CT molecular complexity index is 1450. The highest BCUT2D eigenvalue weighted by molar-refractivity contribution is 8.13. The van der Waals surface area contributed by atoms with E-state index in [1.54, 1.807) is 5.57 Å². The van der Waals surface area contributed by atoms with Gasteiger partial charge < -0.3 is 19.3 Å². The zero-order valence-corrected chi connectivity index (χ0v) is 44.3. The Kier molecular flexibility index (Phi) is 25.7. The van der Waals surface area contributed by atoms with Gasteiger partial charge in [0.15, 0.2) is 0 Å². The lowest BCUT2D eigenvalue weighted by Gasteiger charge is -2.58. The molecule has 0 heterocycles. The van der Waals surface area contributed by atoms with Crippen LogP contribution in [-0.4, -0.2) is 79.2 Å². The van der Waals surface area contributed by atoms with Gasteiger partial charge in [0, 0.05) is 44.6 Å². The van der Waals surface area contributed by atoms with Crippen molar-refractivity contribution in [3.63, 3.8) is 0 Å². The number of thioether (sulfide) groups is 1. The number of ether oxygens (including phenoxy) is 2. The summed E-state index contributed by atoms with van der Waals surface area (Å²) in [7, 11) is 4.10. The molecule has 8 atom stereocenters. The quantitative estimate of drug-likeness (QED) is 0.0378. The van der Waals surface area contributed by atoms with Crippen molar-refractivity contribution in [1.29, 1.82) is 0 Å². The molecule has 4 aliphatic carbocycles.